The summed E-state index contributed by atoms with van der Waals surface area (Å²) in [7, 11) is -4.11. The van der Waals surface area contributed by atoms with Gasteiger partial charge in [0.05, 0.1) is 5.69 Å². The molecule has 1 amide bonds. The highest BCUT2D eigenvalue weighted by Crippen LogP contribution is 2.40. The van der Waals surface area contributed by atoms with Crippen molar-refractivity contribution in [3.05, 3.63) is 57.8 Å². The van der Waals surface area contributed by atoms with E-state index >= 15 is 0 Å². The maximum atomic E-state index is 13.9. The molecule has 1 aromatic carbocycles. The van der Waals surface area contributed by atoms with Crippen molar-refractivity contribution in [1.29, 1.82) is 0 Å². The second kappa shape index (κ2) is 8.52. The molecule has 2 heterocycles. The van der Waals surface area contributed by atoms with Gasteiger partial charge in [-0.25, -0.2) is 17.5 Å². The minimum absolute atomic E-state index is 0.0598. The molecule has 4 rings (SSSR count). The smallest absolute Gasteiger partial charge is 0.338 e. The first-order valence-corrected chi connectivity index (χ1v) is 11.6. The van der Waals surface area contributed by atoms with Crippen molar-refractivity contribution in [2.75, 3.05) is 26.2 Å². The van der Waals surface area contributed by atoms with Crippen molar-refractivity contribution < 1.29 is 30.8 Å². The van der Waals surface area contributed by atoms with E-state index in [2.05, 4.69) is 5.10 Å². The van der Waals surface area contributed by atoms with Crippen molar-refractivity contribution in [3.63, 3.8) is 0 Å². The lowest BCUT2D eigenvalue weighted by atomic mass is 10.2. The molecule has 1 aromatic heterocycles. The van der Waals surface area contributed by atoms with Gasteiger partial charge in [-0.3, -0.25) is 9.59 Å². The number of hydrogen-bond acceptors (Lipinski definition) is 5. The predicted molar refractivity (Wildman–Crippen MR) is 107 cm³/mol. The second-order valence-electron chi connectivity index (χ2n) is 7.93. The Morgan fingerprint density at radius 2 is 1.73 bits per heavy atom. The molecule has 0 radical (unpaired) electrons. The van der Waals surface area contributed by atoms with Crippen molar-refractivity contribution in [3.8, 4) is 0 Å². The number of rotatable bonds is 5. The molecule has 2 aliphatic rings. The number of carbonyl (C=O) groups is 1. The van der Waals surface area contributed by atoms with Crippen LogP contribution < -0.4 is 5.56 Å². The molecule has 2 fully saturated rings. The van der Waals surface area contributed by atoms with Crippen LogP contribution in [0.3, 0.4) is 0 Å². The minimum Gasteiger partial charge on any atom is -0.338 e. The molecule has 13 heteroatoms. The Balaban J connectivity index is 1.48. The summed E-state index contributed by atoms with van der Waals surface area (Å²) >= 11 is 0. The van der Waals surface area contributed by atoms with Gasteiger partial charge in [-0.2, -0.15) is 22.6 Å². The van der Waals surface area contributed by atoms with E-state index in [1.54, 1.807) is 0 Å². The van der Waals surface area contributed by atoms with Crippen LogP contribution in [0.4, 0.5) is 17.6 Å². The molecule has 0 N–H and O–H groups in total. The van der Waals surface area contributed by atoms with Gasteiger partial charge in [0, 0.05) is 32.1 Å². The topological polar surface area (TPSA) is 92.6 Å². The SMILES string of the molecule is O=C(Cn1nc(C2CC2)cc(C(F)(F)F)c1=O)N1CCN(S(=O)(=O)c2ccccc2F)CC1. The zero-order valence-electron chi connectivity index (χ0n) is 17.3. The molecule has 0 atom stereocenters. The summed E-state index contributed by atoms with van der Waals surface area (Å²) in [6, 6.07) is 5.68. The number of nitrogens with zero attached hydrogens (tertiary/aromatic N) is 4. The molecule has 1 aliphatic heterocycles. The fourth-order valence-electron chi connectivity index (χ4n) is 3.65. The van der Waals surface area contributed by atoms with E-state index in [1.165, 1.54) is 17.0 Å². The highest BCUT2D eigenvalue weighted by Gasteiger charge is 2.38. The van der Waals surface area contributed by atoms with Crippen molar-refractivity contribution in [1.82, 2.24) is 19.0 Å². The van der Waals surface area contributed by atoms with Crippen LogP contribution in [0.25, 0.3) is 0 Å². The molecule has 1 aliphatic carbocycles. The van der Waals surface area contributed by atoms with Crippen LogP contribution >= 0.6 is 0 Å². The van der Waals surface area contributed by atoms with E-state index in [4.69, 9.17) is 0 Å². The number of halogens is 4. The number of alkyl halides is 3. The summed E-state index contributed by atoms with van der Waals surface area (Å²) < 4.78 is 80.7. The first-order valence-electron chi connectivity index (χ1n) is 10.2. The monoisotopic (exact) mass is 488 g/mol. The molecule has 1 saturated heterocycles. The Hall–Kier alpha value is -2.80. The van der Waals surface area contributed by atoms with Gasteiger partial charge < -0.3 is 4.90 Å². The van der Waals surface area contributed by atoms with Crippen LogP contribution in [0.1, 0.15) is 30.0 Å². The maximum absolute atomic E-state index is 13.9. The van der Waals surface area contributed by atoms with Crippen LogP contribution in [-0.4, -0.2) is 59.5 Å². The molecule has 178 valence electrons. The van der Waals surface area contributed by atoms with Gasteiger partial charge in [0.1, 0.15) is 22.8 Å². The van der Waals surface area contributed by atoms with Gasteiger partial charge in [-0.15, -0.1) is 0 Å². The molecule has 0 spiro atoms. The van der Waals surface area contributed by atoms with Gasteiger partial charge in [0.15, 0.2) is 0 Å². The average Bonchev–Trinajstić information content (AvgIpc) is 3.60. The molecule has 2 aromatic rings. The molecule has 0 unspecified atom stereocenters. The Bertz CT molecular complexity index is 1230. The van der Waals surface area contributed by atoms with Crippen molar-refractivity contribution >= 4 is 15.9 Å². The van der Waals surface area contributed by atoms with Crippen LogP contribution in [0.2, 0.25) is 0 Å². The molecular weight excluding hydrogens is 468 g/mol. The average molecular weight is 488 g/mol. The fourth-order valence-corrected chi connectivity index (χ4v) is 5.14. The lowest BCUT2D eigenvalue weighted by molar-refractivity contribution is -0.140. The highest BCUT2D eigenvalue weighted by molar-refractivity contribution is 7.89. The second-order valence-corrected chi connectivity index (χ2v) is 9.84. The quantitative estimate of drug-likeness (QED) is 0.599. The minimum atomic E-state index is -4.87. The van der Waals surface area contributed by atoms with Gasteiger partial charge in [0.25, 0.3) is 5.56 Å². The largest absolute Gasteiger partial charge is 0.421 e. The van der Waals surface area contributed by atoms with Crippen molar-refractivity contribution in [2.45, 2.75) is 36.4 Å². The Kier molecular flexibility index (Phi) is 6.03. The molecule has 33 heavy (non-hydrogen) atoms. The first kappa shape index (κ1) is 23.4. The zero-order chi connectivity index (χ0) is 24.0. The van der Waals surface area contributed by atoms with Crippen LogP contribution in [0.5, 0.6) is 0 Å². The third kappa shape index (κ3) is 4.78. The lowest BCUT2D eigenvalue weighted by Crippen LogP contribution is -2.51. The Morgan fingerprint density at radius 1 is 1.09 bits per heavy atom. The van der Waals surface area contributed by atoms with Crippen LogP contribution in [0.15, 0.2) is 40.0 Å². The van der Waals surface area contributed by atoms with E-state index in [9.17, 15) is 35.6 Å². The fraction of sp³-hybridized carbons (Fsp3) is 0.450. The standard InChI is InChI=1S/C20H20F4N4O4S/c21-15-3-1-2-4-17(15)33(31,32)27-9-7-26(8-10-27)18(29)12-28-19(30)14(20(22,23)24)11-16(25-28)13-5-6-13/h1-4,11,13H,5-10,12H2. The van der Waals surface area contributed by atoms with Crippen LogP contribution in [0, 0.1) is 5.82 Å². The first-order chi connectivity index (χ1) is 15.5. The Labute approximate surface area is 186 Å². The van der Waals surface area contributed by atoms with Gasteiger partial charge in [0.2, 0.25) is 15.9 Å². The third-order valence-electron chi connectivity index (χ3n) is 5.63. The highest BCUT2D eigenvalue weighted by atomic mass is 32.2. The van der Waals surface area contributed by atoms with E-state index in [0.717, 1.165) is 22.5 Å². The lowest BCUT2D eigenvalue weighted by Gasteiger charge is -2.34. The summed E-state index contributed by atoms with van der Waals surface area (Å²) in [5.41, 5.74) is -2.65. The van der Waals surface area contributed by atoms with E-state index in [1.807, 2.05) is 0 Å². The van der Waals surface area contributed by atoms with Gasteiger partial charge in [-0.1, -0.05) is 12.1 Å². The third-order valence-corrected chi connectivity index (χ3v) is 7.56. The summed E-state index contributed by atoms with van der Waals surface area (Å²) in [4.78, 5) is 25.7. The number of carbonyl (C=O) groups excluding carboxylic acids is 1. The van der Waals surface area contributed by atoms with Crippen LogP contribution in [-0.2, 0) is 27.5 Å². The predicted octanol–water partition coefficient (Wildman–Crippen LogP) is 1.81. The summed E-state index contributed by atoms with van der Waals surface area (Å²) in [6.45, 7) is -1.06. The van der Waals surface area contributed by atoms with Gasteiger partial charge >= 0.3 is 6.18 Å². The normalized spacial score (nSPS) is 17.9. The van der Waals surface area contributed by atoms with E-state index in [-0.39, 0.29) is 37.8 Å². The summed E-state index contributed by atoms with van der Waals surface area (Å²) in [5, 5.41) is 3.96. The van der Waals surface area contributed by atoms with E-state index in [0.29, 0.717) is 17.5 Å². The number of amides is 1. The van der Waals surface area contributed by atoms with E-state index < -0.39 is 50.5 Å². The number of benzene rings is 1. The van der Waals surface area contributed by atoms with Crippen molar-refractivity contribution in [2.24, 2.45) is 0 Å². The number of aromatic nitrogens is 2. The molecule has 8 nitrogen and oxygen atoms in total. The molecular formula is C20H20F4N4O4S. The number of hydrogen-bond donors (Lipinski definition) is 0. The summed E-state index contributed by atoms with van der Waals surface area (Å²) in [5.74, 6) is -1.72. The summed E-state index contributed by atoms with van der Waals surface area (Å²) in [6.07, 6.45) is -3.55. The maximum Gasteiger partial charge on any atom is 0.421 e. The van der Waals surface area contributed by atoms with Gasteiger partial charge in [-0.05, 0) is 31.0 Å². The zero-order valence-corrected chi connectivity index (χ0v) is 18.1. The Morgan fingerprint density at radius 3 is 2.30 bits per heavy atom. The number of sulfonamides is 1. The molecule has 0 bridgehead atoms. The molecule has 1 saturated carbocycles. The number of piperazine rings is 1.